The Balaban J connectivity index is 0. The molecule has 4 N–H and O–H groups in total. The first-order valence-electron chi connectivity index (χ1n) is 3.28. The third-order valence-corrected chi connectivity index (χ3v) is 0. The summed E-state index contributed by atoms with van der Waals surface area (Å²) >= 11 is 0. The molecule has 58 valence electrons. The van der Waals surface area contributed by atoms with Crippen LogP contribution in [0.1, 0.15) is 34.6 Å². The Morgan fingerprint density at radius 2 is 1.11 bits per heavy atom. The topological polar surface area (TPSA) is 52.0 Å². The van der Waals surface area contributed by atoms with E-state index in [0.29, 0.717) is 6.04 Å². The lowest BCUT2D eigenvalue weighted by atomic mass is 10.1. The molecule has 0 heterocycles. The minimum Gasteiger partial charge on any atom is -0.328 e. The van der Waals surface area contributed by atoms with E-state index in [4.69, 9.17) is 11.5 Å². The maximum atomic E-state index is 5.35. The zero-order valence-electron chi connectivity index (χ0n) is 7.23. The van der Waals surface area contributed by atoms with E-state index in [9.17, 15) is 0 Å². The Labute approximate surface area is 58.6 Å². The number of hydrogen-bond donors (Lipinski definition) is 2. The Morgan fingerprint density at radius 3 is 1.11 bits per heavy atom. The minimum atomic E-state index is 0. The van der Waals surface area contributed by atoms with Gasteiger partial charge in [-0.05, 0) is 26.8 Å². The van der Waals surface area contributed by atoms with Crippen LogP contribution in [0.5, 0.6) is 0 Å². The van der Waals surface area contributed by atoms with E-state index in [1.807, 2.05) is 34.6 Å². The lowest BCUT2D eigenvalue weighted by Crippen LogP contribution is -2.26. The molecule has 0 saturated carbocycles. The monoisotopic (exact) mass is 132 g/mol. The van der Waals surface area contributed by atoms with Gasteiger partial charge in [0.2, 0.25) is 0 Å². The van der Waals surface area contributed by atoms with Crippen molar-refractivity contribution in [3.63, 3.8) is 0 Å². The molecule has 0 aliphatic heterocycles. The van der Waals surface area contributed by atoms with Gasteiger partial charge in [0, 0.05) is 5.54 Å². The van der Waals surface area contributed by atoms with Crippen LogP contribution < -0.4 is 11.5 Å². The van der Waals surface area contributed by atoms with Crippen LogP contribution in [0, 0.1) is 0 Å². The predicted octanol–water partition coefficient (Wildman–Crippen LogP) is 1.10. The van der Waals surface area contributed by atoms with E-state index in [-0.39, 0.29) is 5.54 Å². The van der Waals surface area contributed by atoms with Crippen LogP contribution in [0.25, 0.3) is 0 Å². The van der Waals surface area contributed by atoms with Gasteiger partial charge < -0.3 is 11.5 Å². The second-order valence-electron chi connectivity index (χ2n) is 3.61. The van der Waals surface area contributed by atoms with Gasteiger partial charge in [0.05, 0.1) is 0 Å². The summed E-state index contributed by atoms with van der Waals surface area (Å²) in [5.41, 5.74) is 10.5. The molecule has 0 atom stereocenters. The van der Waals surface area contributed by atoms with Gasteiger partial charge in [-0.1, -0.05) is 13.8 Å². The lowest BCUT2D eigenvalue weighted by molar-refractivity contribution is 0.580. The van der Waals surface area contributed by atoms with Gasteiger partial charge in [-0.15, -0.1) is 0 Å². The fourth-order valence-corrected chi connectivity index (χ4v) is 0. The molecule has 2 heteroatoms. The van der Waals surface area contributed by atoms with Crippen molar-refractivity contribution in [3.05, 3.63) is 0 Å². The van der Waals surface area contributed by atoms with Crippen molar-refractivity contribution in [2.45, 2.75) is 46.2 Å². The average Bonchev–Trinajstić information content (AvgIpc) is 1.19. The highest BCUT2D eigenvalue weighted by molar-refractivity contribution is 4.60. The van der Waals surface area contributed by atoms with Gasteiger partial charge in [0.1, 0.15) is 0 Å². The van der Waals surface area contributed by atoms with Crippen LogP contribution >= 0.6 is 0 Å². The molecule has 0 spiro atoms. The van der Waals surface area contributed by atoms with Crippen molar-refractivity contribution < 1.29 is 0 Å². The van der Waals surface area contributed by atoms with E-state index in [0.717, 1.165) is 0 Å². The molecule has 0 aromatic rings. The lowest BCUT2D eigenvalue weighted by Gasteiger charge is -2.06. The molecule has 0 amide bonds. The zero-order valence-corrected chi connectivity index (χ0v) is 7.23. The Hall–Kier alpha value is -0.0800. The van der Waals surface area contributed by atoms with E-state index < -0.39 is 0 Å². The number of hydrogen-bond acceptors (Lipinski definition) is 2. The summed E-state index contributed by atoms with van der Waals surface area (Å²) in [5, 5.41) is 0. The third kappa shape index (κ3) is 43400. The highest BCUT2D eigenvalue weighted by atomic mass is 14.7. The summed E-state index contributed by atoms with van der Waals surface area (Å²) in [6.07, 6.45) is 0. The van der Waals surface area contributed by atoms with Gasteiger partial charge >= 0.3 is 0 Å². The molecule has 9 heavy (non-hydrogen) atoms. The number of rotatable bonds is 0. The zero-order chi connectivity index (χ0) is 8.08. The largest absolute Gasteiger partial charge is 0.328 e. The first-order valence-corrected chi connectivity index (χ1v) is 3.28. The molecule has 0 radical (unpaired) electrons. The molecule has 0 rings (SSSR count). The quantitative estimate of drug-likeness (QED) is 0.518. The van der Waals surface area contributed by atoms with Crippen LogP contribution in [0.15, 0.2) is 0 Å². The Kier molecular flexibility index (Phi) is 6.19. The molecule has 0 aromatic heterocycles. The van der Waals surface area contributed by atoms with Crippen LogP contribution in [-0.2, 0) is 0 Å². The first-order chi connectivity index (χ1) is 3.73. The average molecular weight is 132 g/mol. The third-order valence-electron chi connectivity index (χ3n) is 0. The van der Waals surface area contributed by atoms with E-state index in [1.54, 1.807) is 0 Å². The van der Waals surface area contributed by atoms with Gasteiger partial charge in [-0.25, -0.2) is 0 Å². The molecule has 0 saturated heterocycles. The van der Waals surface area contributed by atoms with Gasteiger partial charge in [0.25, 0.3) is 0 Å². The summed E-state index contributed by atoms with van der Waals surface area (Å²) in [7, 11) is 0. The molecule has 0 bridgehead atoms. The molecule has 0 aromatic carbocycles. The summed E-state index contributed by atoms with van der Waals surface area (Å²) < 4.78 is 0. The van der Waals surface area contributed by atoms with Gasteiger partial charge in [0.15, 0.2) is 0 Å². The maximum absolute atomic E-state index is 5.35. The van der Waals surface area contributed by atoms with Crippen LogP contribution in [0.3, 0.4) is 0 Å². The second kappa shape index (κ2) is 4.77. The highest BCUT2D eigenvalue weighted by Gasteiger charge is 1.95. The summed E-state index contributed by atoms with van der Waals surface area (Å²) in [6.45, 7) is 9.78. The van der Waals surface area contributed by atoms with Crippen LogP contribution in [0.4, 0.5) is 0 Å². The van der Waals surface area contributed by atoms with Gasteiger partial charge in [-0.3, -0.25) is 0 Å². The van der Waals surface area contributed by atoms with Crippen molar-refractivity contribution >= 4 is 0 Å². The van der Waals surface area contributed by atoms with E-state index in [1.165, 1.54) is 0 Å². The summed E-state index contributed by atoms with van der Waals surface area (Å²) in [4.78, 5) is 0. The molecule has 0 aliphatic carbocycles. The van der Waals surface area contributed by atoms with Crippen molar-refractivity contribution in [3.8, 4) is 0 Å². The minimum absolute atomic E-state index is 0. The standard InChI is InChI=1S/C4H11N.C3H9N/c1-4(2,3)5;1-3(2)4/h5H2,1-3H3;3H,4H2,1-2H3. The summed E-state index contributed by atoms with van der Waals surface area (Å²) in [6, 6.07) is 0.333. The Morgan fingerprint density at radius 1 is 1.11 bits per heavy atom. The van der Waals surface area contributed by atoms with Crippen LogP contribution in [-0.4, -0.2) is 11.6 Å². The Bertz CT molecular complexity index is 43.7. The van der Waals surface area contributed by atoms with Crippen molar-refractivity contribution in [1.29, 1.82) is 0 Å². The van der Waals surface area contributed by atoms with Crippen molar-refractivity contribution in [2.24, 2.45) is 11.5 Å². The fourth-order valence-electron chi connectivity index (χ4n) is 0. The maximum Gasteiger partial charge on any atom is 0.00686 e. The van der Waals surface area contributed by atoms with E-state index >= 15 is 0 Å². The number of nitrogens with two attached hydrogens (primary N) is 2. The molecule has 0 unspecified atom stereocenters. The highest BCUT2D eigenvalue weighted by Crippen LogP contribution is 1.88. The van der Waals surface area contributed by atoms with Gasteiger partial charge in [-0.2, -0.15) is 0 Å². The molecule has 0 fully saturated rings. The van der Waals surface area contributed by atoms with E-state index in [2.05, 4.69) is 0 Å². The smallest absolute Gasteiger partial charge is 0.00686 e. The van der Waals surface area contributed by atoms with Crippen molar-refractivity contribution in [1.82, 2.24) is 0 Å². The molecular weight excluding hydrogens is 112 g/mol. The summed E-state index contributed by atoms with van der Waals surface area (Å²) in [5.74, 6) is 0. The SMILES string of the molecule is CC(C)(C)N.CC(C)N. The fraction of sp³-hybridized carbons (Fsp3) is 1.00. The van der Waals surface area contributed by atoms with Crippen molar-refractivity contribution in [2.75, 3.05) is 0 Å². The molecule has 0 aliphatic rings. The molecule has 2 nitrogen and oxygen atoms in total. The molecular formula is C7H20N2. The predicted molar refractivity (Wildman–Crippen MR) is 43.3 cm³/mol. The normalized spacial score (nSPS) is 10.7. The second-order valence-corrected chi connectivity index (χ2v) is 3.61. The first kappa shape index (κ1) is 11.7. The van der Waals surface area contributed by atoms with Crippen LogP contribution in [0.2, 0.25) is 0 Å².